The van der Waals surface area contributed by atoms with E-state index in [2.05, 4.69) is 81.9 Å². The van der Waals surface area contributed by atoms with Gasteiger partial charge in [0.2, 0.25) is 0 Å². The highest BCUT2D eigenvalue weighted by Gasteiger charge is 2.32. The molecule has 0 unspecified atom stereocenters. The molecule has 0 bridgehead atoms. The Morgan fingerprint density at radius 2 is 1.04 bits per heavy atom. The Hall–Kier alpha value is -5.87. The summed E-state index contributed by atoms with van der Waals surface area (Å²) in [6, 6.07) is 32.4. The molecule has 3 heterocycles. The first-order valence-corrected chi connectivity index (χ1v) is 15.7. The predicted molar refractivity (Wildman–Crippen MR) is 187 cm³/mol. The van der Waals surface area contributed by atoms with Gasteiger partial charge in [-0.3, -0.25) is 4.57 Å². The molecule has 0 fully saturated rings. The molecule has 0 amide bonds. The van der Waals surface area contributed by atoms with Gasteiger partial charge in [0.05, 0.1) is 51.1 Å². The number of pyridine rings is 1. The first kappa shape index (κ1) is 29.5. The molecule has 0 aliphatic carbocycles. The highest BCUT2D eigenvalue weighted by molar-refractivity contribution is 6.11. The lowest BCUT2D eigenvalue weighted by atomic mass is 9.98. The van der Waals surface area contributed by atoms with Crippen LogP contribution < -0.4 is 0 Å². The molecule has 0 saturated carbocycles. The second kappa shape index (κ2) is 10.6. The summed E-state index contributed by atoms with van der Waals surface area (Å²) in [6.45, 7) is 8.11. The third kappa shape index (κ3) is 4.64. The SMILES string of the molecule is Cc1ccc2c3ccc(C)cc3n(-c3cc(-c4cc(C#N)cc(C(F)(F)F)c4)c(-n4c5cc(C)ccc5c5ccc(C)cc54)cn3)c2c1. The smallest absolute Gasteiger partial charge is 0.307 e. The number of nitrogens with zero attached hydrogens (tertiary/aromatic N) is 4. The fraction of sp³-hybridized carbons (Fsp3) is 0.122. The lowest BCUT2D eigenvalue weighted by Gasteiger charge is -2.18. The van der Waals surface area contributed by atoms with Gasteiger partial charge in [0, 0.05) is 27.1 Å². The zero-order valence-corrected chi connectivity index (χ0v) is 26.7. The van der Waals surface area contributed by atoms with Crippen molar-refractivity contribution in [2.45, 2.75) is 33.9 Å². The minimum absolute atomic E-state index is 0.0684. The molecule has 8 aromatic rings. The van der Waals surface area contributed by atoms with Gasteiger partial charge < -0.3 is 4.57 Å². The normalized spacial score (nSPS) is 12.0. The van der Waals surface area contributed by atoms with Crippen LogP contribution in [0.15, 0.2) is 103 Å². The number of alkyl halides is 3. The van der Waals surface area contributed by atoms with E-state index in [4.69, 9.17) is 4.98 Å². The second-order valence-electron chi connectivity index (χ2n) is 12.7. The molecule has 3 aromatic heterocycles. The molecule has 7 heteroatoms. The van der Waals surface area contributed by atoms with Crippen molar-refractivity contribution in [2.24, 2.45) is 0 Å². The number of nitriles is 1. The summed E-state index contributed by atoms with van der Waals surface area (Å²) >= 11 is 0. The van der Waals surface area contributed by atoms with E-state index in [1.54, 1.807) is 6.20 Å². The largest absolute Gasteiger partial charge is 0.416 e. The minimum Gasteiger partial charge on any atom is -0.307 e. The molecule has 0 atom stereocenters. The van der Waals surface area contributed by atoms with Crippen molar-refractivity contribution in [2.75, 3.05) is 0 Å². The number of hydrogen-bond acceptors (Lipinski definition) is 2. The van der Waals surface area contributed by atoms with Crippen LogP contribution in [-0.4, -0.2) is 14.1 Å². The van der Waals surface area contributed by atoms with Crippen LogP contribution in [0.3, 0.4) is 0 Å². The average Bonchev–Trinajstić information content (AvgIpc) is 3.54. The van der Waals surface area contributed by atoms with E-state index in [1.165, 1.54) is 6.07 Å². The van der Waals surface area contributed by atoms with Crippen LogP contribution >= 0.6 is 0 Å². The summed E-state index contributed by atoms with van der Waals surface area (Å²) in [4.78, 5) is 5.05. The van der Waals surface area contributed by atoms with E-state index in [0.717, 1.165) is 78.0 Å². The molecule has 0 aliphatic rings. The van der Waals surface area contributed by atoms with Crippen molar-refractivity contribution in [3.05, 3.63) is 137 Å². The summed E-state index contributed by atoms with van der Waals surface area (Å²) in [6.07, 6.45) is -2.88. The molecule has 4 nitrogen and oxygen atoms in total. The predicted octanol–water partition coefficient (Wildman–Crippen LogP) is 11.1. The van der Waals surface area contributed by atoms with Gasteiger partial charge in [-0.25, -0.2) is 4.98 Å². The van der Waals surface area contributed by atoms with E-state index in [1.807, 2.05) is 39.8 Å². The Morgan fingerprint density at radius 1 is 0.583 bits per heavy atom. The number of hydrogen-bond donors (Lipinski definition) is 0. The number of fused-ring (bicyclic) bond motifs is 6. The van der Waals surface area contributed by atoms with Gasteiger partial charge in [0.1, 0.15) is 5.82 Å². The summed E-state index contributed by atoms with van der Waals surface area (Å²) < 4.78 is 47.0. The minimum atomic E-state index is -4.64. The number of benzene rings is 5. The van der Waals surface area contributed by atoms with Crippen molar-refractivity contribution in [3.63, 3.8) is 0 Å². The topological polar surface area (TPSA) is 46.5 Å². The van der Waals surface area contributed by atoms with Crippen LogP contribution in [0, 0.1) is 39.0 Å². The average molecular weight is 635 g/mol. The maximum absolute atomic E-state index is 14.3. The maximum Gasteiger partial charge on any atom is 0.416 e. The fourth-order valence-electron chi connectivity index (χ4n) is 6.96. The third-order valence-corrected chi connectivity index (χ3v) is 9.20. The van der Waals surface area contributed by atoms with E-state index in [0.29, 0.717) is 17.1 Å². The van der Waals surface area contributed by atoms with Crippen molar-refractivity contribution in [3.8, 4) is 28.7 Å². The Labute approximate surface area is 274 Å². The first-order chi connectivity index (χ1) is 23.0. The van der Waals surface area contributed by atoms with E-state index < -0.39 is 11.7 Å². The van der Waals surface area contributed by atoms with Gasteiger partial charge in [-0.1, -0.05) is 48.5 Å². The molecule has 48 heavy (non-hydrogen) atoms. The molecule has 0 N–H and O–H groups in total. The van der Waals surface area contributed by atoms with Crippen molar-refractivity contribution < 1.29 is 13.2 Å². The van der Waals surface area contributed by atoms with Gasteiger partial charge in [-0.05, 0) is 104 Å². The molecule has 0 spiro atoms. The Bertz CT molecular complexity index is 2550. The number of rotatable bonds is 3. The van der Waals surface area contributed by atoms with Gasteiger partial charge in [0.25, 0.3) is 0 Å². The van der Waals surface area contributed by atoms with Crippen LogP contribution in [0.25, 0.3) is 66.2 Å². The zero-order chi connectivity index (χ0) is 33.5. The third-order valence-electron chi connectivity index (χ3n) is 9.20. The standard InChI is InChI=1S/C41H29F3N4/c1-23-5-9-30-31-10-6-24(2)14-36(31)47(35(30)13-23)39-22-46-40(20-34(39)28-17-27(21-45)18-29(19-28)41(42,43)44)48-37-15-25(3)7-11-32(37)33-12-8-26(4)16-38(33)48/h5-20,22H,1-4H3. The highest BCUT2D eigenvalue weighted by Crippen LogP contribution is 2.41. The van der Waals surface area contributed by atoms with Crippen LogP contribution in [0.4, 0.5) is 13.2 Å². The van der Waals surface area contributed by atoms with Gasteiger partial charge in [-0.2, -0.15) is 18.4 Å². The highest BCUT2D eigenvalue weighted by atomic mass is 19.4. The van der Waals surface area contributed by atoms with Crippen molar-refractivity contribution in [1.82, 2.24) is 14.1 Å². The van der Waals surface area contributed by atoms with Crippen LogP contribution in [0.5, 0.6) is 0 Å². The summed E-state index contributed by atoms with van der Waals surface area (Å²) in [5.74, 6) is 0.564. The van der Waals surface area contributed by atoms with E-state index in [9.17, 15) is 18.4 Å². The first-order valence-electron chi connectivity index (χ1n) is 15.7. The lowest BCUT2D eigenvalue weighted by Crippen LogP contribution is -2.07. The Balaban J connectivity index is 1.52. The molecule has 0 saturated heterocycles. The maximum atomic E-state index is 14.3. The van der Waals surface area contributed by atoms with Gasteiger partial charge in [0.15, 0.2) is 0 Å². The molecular weight excluding hydrogens is 605 g/mol. The molecule has 234 valence electrons. The monoisotopic (exact) mass is 634 g/mol. The van der Waals surface area contributed by atoms with E-state index in [-0.39, 0.29) is 11.1 Å². The zero-order valence-electron chi connectivity index (χ0n) is 26.7. The molecule has 0 aliphatic heterocycles. The second-order valence-corrected chi connectivity index (χ2v) is 12.7. The van der Waals surface area contributed by atoms with Crippen molar-refractivity contribution >= 4 is 43.6 Å². The molecule has 8 rings (SSSR count). The fourth-order valence-corrected chi connectivity index (χ4v) is 6.96. The van der Waals surface area contributed by atoms with E-state index >= 15 is 0 Å². The quantitative estimate of drug-likeness (QED) is 0.194. The number of halogens is 3. The lowest BCUT2D eigenvalue weighted by molar-refractivity contribution is -0.137. The van der Waals surface area contributed by atoms with Crippen LogP contribution in [-0.2, 0) is 6.18 Å². The summed E-state index contributed by atoms with van der Waals surface area (Å²) in [7, 11) is 0. The molecule has 5 aromatic carbocycles. The summed E-state index contributed by atoms with van der Waals surface area (Å²) in [5, 5.41) is 14.0. The number of aromatic nitrogens is 3. The number of aryl methyl sites for hydroxylation is 4. The molecule has 0 radical (unpaired) electrons. The Kier molecular flexibility index (Phi) is 6.51. The van der Waals surface area contributed by atoms with Crippen molar-refractivity contribution in [1.29, 1.82) is 5.26 Å². The van der Waals surface area contributed by atoms with Crippen LogP contribution in [0.1, 0.15) is 33.4 Å². The van der Waals surface area contributed by atoms with Gasteiger partial charge in [-0.15, -0.1) is 0 Å². The Morgan fingerprint density at radius 3 is 1.48 bits per heavy atom. The summed E-state index contributed by atoms with van der Waals surface area (Å²) in [5.41, 5.74) is 8.48. The van der Waals surface area contributed by atoms with Crippen LogP contribution in [0.2, 0.25) is 0 Å². The molecular formula is C41H29F3N4. The van der Waals surface area contributed by atoms with Gasteiger partial charge >= 0.3 is 6.18 Å².